The van der Waals surface area contributed by atoms with Crippen LogP contribution < -0.4 is 4.90 Å². The Morgan fingerprint density at radius 1 is 1.29 bits per heavy atom. The summed E-state index contributed by atoms with van der Waals surface area (Å²) in [6.45, 7) is 8.71. The van der Waals surface area contributed by atoms with Gasteiger partial charge in [0.2, 0.25) is 0 Å². The maximum Gasteiger partial charge on any atom is 0.142 e. The molecule has 0 saturated heterocycles. The monoisotopic (exact) mass is 284 g/mol. The van der Waals surface area contributed by atoms with Crippen LogP contribution in [0.25, 0.3) is 10.9 Å². The number of aryl methyl sites for hydroxylation is 2. The molecule has 3 heterocycles. The molecule has 0 spiro atoms. The second kappa shape index (κ2) is 5.24. The van der Waals surface area contributed by atoms with E-state index in [1.165, 1.54) is 5.69 Å². The molecule has 1 aliphatic rings. The van der Waals surface area contributed by atoms with Gasteiger partial charge in [-0.15, -0.1) is 0 Å². The van der Waals surface area contributed by atoms with E-state index < -0.39 is 0 Å². The fourth-order valence-electron chi connectivity index (χ4n) is 2.91. The summed E-state index contributed by atoms with van der Waals surface area (Å²) in [6, 6.07) is 2.61. The normalized spacial score (nSPS) is 18.4. The molecule has 1 unspecified atom stereocenters. The molecule has 0 fully saturated rings. The molecule has 4 nitrogen and oxygen atoms in total. The minimum absolute atomic E-state index is 0.333. The van der Waals surface area contributed by atoms with E-state index in [9.17, 15) is 0 Å². The zero-order valence-corrected chi connectivity index (χ0v) is 13.6. The standard InChI is InChI=1S/C17H24N4/c1-6-12-9-14-15-13(18-12)8-7-11(4)21(5)17(15)20-16(19-14)10(2)3/h9-11H,6-8H2,1-5H3. The van der Waals surface area contributed by atoms with Crippen LogP contribution >= 0.6 is 0 Å². The van der Waals surface area contributed by atoms with Crippen LogP contribution in [0.4, 0.5) is 5.82 Å². The van der Waals surface area contributed by atoms with E-state index in [2.05, 4.69) is 45.7 Å². The highest BCUT2D eigenvalue weighted by Gasteiger charge is 2.24. The minimum Gasteiger partial charge on any atom is -0.356 e. The predicted octanol–water partition coefficient (Wildman–Crippen LogP) is 3.48. The van der Waals surface area contributed by atoms with Gasteiger partial charge >= 0.3 is 0 Å². The third-order valence-electron chi connectivity index (χ3n) is 4.48. The highest BCUT2D eigenvalue weighted by Crippen LogP contribution is 2.33. The molecule has 4 heteroatoms. The molecule has 0 saturated carbocycles. The lowest BCUT2D eigenvalue weighted by Crippen LogP contribution is -2.29. The van der Waals surface area contributed by atoms with Crippen LogP contribution in [-0.2, 0) is 12.8 Å². The molecule has 21 heavy (non-hydrogen) atoms. The van der Waals surface area contributed by atoms with Crippen LogP contribution in [0.3, 0.4) is 0 Å². The average molecular weight is 284 g/mol. The lowest BCUT2D eigenvalue weighted by molar-refractivity contribution is 0.625. The number of rotatable bonds is 2. The van der Waals surface area contributed by atoms with Gasteiger partial charge in [0, 0.05) is 24.7 Å². The van der Waals surface area contributed by atoms with E-state index in [1.54, 1.807) is 0 Å². The summed E-state index contributed by atoms with van der Waals surface area (Å²) in [7, 11) is 2.14. The van der Waals surface area contributed by atoms with E-state index in [-0.39, 0.29) is 0 Å². The summed E-state index contributed by atoms with van der Waals surface area (Å²) in [5, 5.41) is 1.16. The summed E-state index contributed by atoms with van der Waals surface area (Å²) < 4.78 is 0. The van der Waals surface area contributed by atoms with Crippen molar-refractivity contribution >= 4 is 16.7 Å². The lowest BCUT2D eigenvalue weighted by atomic mass is 10.1. The van der Waals surface area contributed by atoms with Crippen LogP contribution in [0.5, 0.6) is 0 Å². The number of anilines is 1. The van der Waals surface area contributed by atoms with Crippen LogP contribution in [0.15, 0.2) is 6.07 Å². The van der Waals surface area contributed by atoms with Gasteiger partial charge in [0.05, 0.1) is 16.6 Å². The van der Waals surface area contributed by atoms with Crippen molar-refractivity contribution in [2.24, 2.45) is 0 Å². The largest absolute Gasteiger partial charge is 0.356 e. The van der Waals surface area contributed by atoms with Gasteiger partial charge in [-0.1, -0.05) is 20.8 Å². The van der Waals surface area contributed by atoms with Gasteiger partial charge in [0.1, 0.15) is 11.6 Å². The van der Waals surface area contributed by atoms with E-state index >= 15 is 0 Å². The molecule has 3 rings (SSSR count). The van der Waals surface area contributed by atoms with Gasteiger partial charge < -0.3 is 4.90 Å². The Balaban J connectivity index is 2.35. The average Bonchev–Trinajstić information content (AvgIpc) is 2.60. The molecule has 0 bridgehead atoms. The first kappa shape index (κ1) is 14.2. The van der Waals surface area contributed by atoms with Gasteiger partial charge in [-0.25, -0.2) is 9.97 Å². The van der Waals surface area contributed by atoms with Crippen molar-refractivity contribution in [3.8, 4) is 0 Å². The minimum atomic E-state index is 0.333. The highest BCUT2D eigenvalue weighted by atomic mass is 15.2. The fourth-order valence-corrected chi connectivity index (χ4v) is 2.91. The number of nitrogens with zero attached hydrogens (tertiary/aromatic N) is 4. The van der Waals surface area contributed by atoms with Crippen molar-refractivity contribution in [1.82, 2.24) is 15.0 Å². The van der Waals surface area contributed by atoms with Crippen molar-refractivity contribution in [1.29, 1.82) is 0 Å². The molecule has 0 radical (unpaired) electrons. The van der Waals surface area contributed by atoms with Gasteiger partial charge in [0.15, 0.2) is 0 Å². The van der Waals surface area contributed by atoms with Crippen molar-refractivity contribution in [2.75, 3.05) is 11.9 Å². The van der Waals surface area contributed by atoms with Gasteiger partial charge in [-0.3, -0.25) is 4.98 Å². The number of hydrogen-bond acceptors (Lipinski definition) is 4. The molecule has 0 N–H and O–H groups in total. The molecular formula is C17H24N4. The quantitative estimate of drug-likeness (QED) is 0.846. The second-order valence-electron chi connectivity index (χ2n) is 6.37. The third-order valence-corrected chi connectivity index (χ3v) is 4.48. The first-order valence-corrected chi connectivity index (χ1v) is 7.94. The van der Waals surface area contributed by atoms with E-state index in [4.69, 9.17) is 15.0 Å². The first-order valence-electron chi connectivity index (χ1n) is 7.94. The lowest BCUT2D eigenvalue weighted by Gasteiger charge is -2.25. The number of hydrogen-bond donors (Lipinski definition) is 0. The van der Waals surface area contributed by atoms with Crippen molar-refractivity contribution < 1.29 is 0 Å². The number of pyridine rings is 1. The Bertz CT molecular complexity index is 678. The Morgan fingerprint density at radius 2 is 2.05 bits per heavy atom. The topological polar surface area (TPSA) is 41.9 Å². The molecule has 1 aliphatic heterocycles. The van der Waals surface area contributed by atoms with E-state index in [1.807, 2.05) is 0 Å². The molecular weight excluding hydrogens is 260 g/mol. The molecule has 0 aromatic carbocycles. The Kier molecular flexibility index (Phi) is 3.56. The molecule has 2 aromatic heterocycles. The van der Waals surface area contributed by atoms with Crippen molar-refractivity contribution in [3.63, 3.8) is 0 Å². The summed E-state index contributed by atoms with van der Waals surface area (Å²) in [4.78, 5) is 16.8. The summed E-state index contributed by atoms with van der Waals surface area (Å²) in [5.74, 6) is 2.32. The van der Waals surface area contributed by atoms with Crippen molar-refractivity contribution in [3.05, 3.63) is 23.3 Å². The van der Waals surface area contributed by atoms with E-state index in [0.717, 1.165) is 47.5 Å². The molecule has 0 amide bonds. The summed E-state index contributed by atoms with van der Waals surface area (Å²) >= 11 is 0. The fraction of sp³-hybridized carbons (Fsp3) is 0.588. The van der Waals surface area contributed by atoms with Crippen LogP contribution in [0, 0.1) is 0 Å². The van der Waals surface area contributed by atoms with Crippen molar-refractivity contribution in [2.45, 2.75) is 58.9 Å². The number of aromatic nitrogens is 3. The summed E-state index contributed by atoms with van der Waals surface area (Å²) in [5.41, 5.74) is 3.37. The summed E-state index contributed by atoms with van der Waals surface area (Å²) in [6.07, 6.45) is 3.07. The Morgan fingerprint density at radius 3 is 2.71 bits per heavy atom. The highest BCUT2D eigenvalue weighted by molar-refractivity contribution is 5.92. The van der Waals surface area contributed by atoms with Crippen LogP contribution in [-0.4, -0.2) is 28.0 Å². The Hall–Kier alpha value is -1.71. The SMILES string of the molecule is CCc1cc2nc(C(C)C)nc3c2c(n1)CCC(C)N3C. The Labute approximate surface area is 126 Å². The zero-order chi connectivity index (χ0) is 15.1. The smallest absolute Gasteiger partial charge is 0.142 e. The van der Waals surface area contributed by atoms with Gasteiger partial charge in [-0.05, 0) is 32.3 Å². The second-order valence-corrected chi connectivity index (χ2v) is 6.37. The molecule has 112 valence electrons. The maximum absolute atomic E-state index is 4.85. The first-order chi connectivity index (χ1) is 10.0. The van der Waals surface area contributed by atoms with Crippen LogP contribution in [0.1, 0.15) is 57.2 Å². The molecule has 1 atom stereocenters. The van der Waals surface area contributed by atoms with Gasteiger partial charge in [0.25, 0.3) is 0 Å². The zero-order valence-electron chi connectivity index (χ0n) is 13.6. The predicted molar refractivity (Wildman–Crippen MR) is 87.0 cm³/mol. The van der Waals surface area contributed by atoms with E-state index in [0.29, 0.717) is 12.0 Å². The third kappa shape index (κ3) is 2.37. The molecule has 2 aromatic rings. The molecule has 0 aliphatic carbocycles. The maximum atomic E-state index is 4.85. The van der Waals surface area contributed by atoms with Gasteiger partial charge in [-0.2, -0.15) is 0 Å². The van der Waals surface area contributed by atoms with Crippen LogP contribution in [0.2, 0.25) is 0 Å².